The summed E-state index contributed by atoms with van der Waals surface area (Å²) >= 11 is 1.46. The van der Waals surface area contributed by atoms with Crippen molar-refractivity contribution in [3.8, 4) is 0 Å². The zero-order valence-electron chi connectivity index (χ0n) is 10.8. The monoisotopic (exact) mass is 260 g/mol. The zero-order valence-corrected chi connectivity index (χ0v) is 11.6. The minimum absolute atomic E-state index is 0.224. The third-order valence-electron chi connectivity index (χ3n) is 2.71. The number of thioether (sulfide) groups is 1. The molecule has 18 heavy (non-hydrogen) atoms. The largest absolute Gasteiger partial charge is 0.298 e. The first-order chi connectivity index (χ1) is 8.48. The van der Waals surface area contributed by atoms with Crippen LogP contribution in [0.1, 0.15) is 20.8 Å². The standard InChI is InChI=1S/C14H16N2OS/c1-14(2,3)12(17)9-18-13-11-7-5-4-6-10(11)8-15-16-13/h4-8H,9H2,1-3H3. The van der Waals surface area contributed by atoms with E-state index in [9.17, 15) is 4.79 Å². The second kappa shape index (κ2) is 5.06. The fourth-order valence-corrected chi connectivity index (χ4v) is 2.61. The summed E-state index contributed by atoms with van der Waals surface area (Å²) in [6, 6.07) is 7.95. The fourth-order valence-electron chi connectivity index (χ4n) is 1.46. The van der Waals surface area contributed by atoms with Gasteiger partial charge in [-0.3, -0.25) is 4.79 Å². The minimum atomic E-state index is -0.301. The Morgan fingerprint density at radius 1 is 1.28 bits per heavy atom. The normalized spacial score (nSPS) is 11.7. The van der Waals surface area contributed by atoms with Gasteiger partial charge in [0.1, 0.15) is 10.8 Å². The van der Waals surface area contributed by atoms with Crippen molar-refractivity contribution in [2.75, 3.05) is 5.75 Å². The number of Topliss-reactive ketones (excluding diaryl/α,β-unsaturated/α-hetero) is 1. The van der Waals surface area contributed by atoms with Crippen LogP contribution in [0.2, 0.25) is 0 Å². The molecular formula is C14H16N2OS. The Bertz CT molecular complexity index is 570. The highest BCUT2D eigenvalue weighted by Gasteiger charge is 2.21. The van der Waals surface area contributed by atoms with Crippen molar-refractivity contribution in [2.24, 2.45) is 5.41 Å². The average Bonchev–Trinajstić information content (AvgIpc) is 2.34. The number of nitrogens with zero attached hydrogens (tertiary/aromatic N) is 2. The molecule has 0 aliphatic rings. The average molecular weight is 260 g/mol. The molecule has 0 aliphatic heterocycles. The van der Waals surface area contributed by atoms with Crippen LogP contribution in [0.3, 0.4) is 0 Å². The highest BCUT2D eigenvalue weighted by molar-refractivity contribution is 8.00. The molecule has 0 saturated heterocycles. The van der Waals surface area contributed by atoms with Gasteiger partial charge in [0.2, 0.25) is 0 Å². The third kappa shape index (κ3) is 2.88. The van der Waals surface area contributed by atoms with Crippen LogP contribution in [0.25, 0.3) is 10.8 Å². The van der Waals surface area contributed by atoms with Crippen LogP contribution in [0, 0.1) is 5.41 Å². The number of carbonyl (C=O) groups excluding carboxylic acids is 1. The molecule has 94 valence electrons. The van der Waals surface area contributed by atoms with Crippen molar-refractivity contribution < 1.29 is 4.79 Å². The van der Waals surface area contributed by atoms with E-state index >= 15 is 0 Å². The van der Waals surface area contributed by atoms with Gasteiger partial charge >= 0.3 is 0 Å². The van der Waals surface area contributed by atoms with Gasteiger partial charge in [0.15, 0.2) is 0 Å². The van der Waals surface area contributed by atoms with Crippen LogP contribution < -0.4 is 0 Å². The van der Waals surface area contributed by atoms with Gasteiger partial charge in [-0.05, 0) is 0 Å². The van der Waals surface area contributed by atoms with E-state index in [0.717, 1.165) is 15.8 Å². The Labute approximate surface area is 111 Å². The van der Waals surface area contributed by atoms with Gasteiger partial charge in [0.05, 0.1) is 11.9 Å². The van der Waals surface area contributed by atoms with E-state index in [-0.39, 0.29) is 11.2 Å². The SMILES string of the molecule is CC(C)(C)C(=O)CSc1nncc2ccccc12. The van der Waals surface area contributed by atoms with E-state index in [1.54, 1.807) is 6.20 Å². The van der Waals surface area contributed by atoms with E-state index < -0.39 is 0 Å². The van der Waals surface area contributed by atoms with Crippen molar-refractivity contribution in [1.29, 1.82) is 0 Å². The summed E-state index contributed by atoms with van der Waals surface area (Å²) in [5.41, 5.74) is -0.301. The number of aromatic nitrogens is 2. The summed E-state index contributed by atoms with van der Waals surface area (Å²) in [6.07, 6.45) is 1.74. The zero-order chi connectivity index (χ0) is 13.2. The van der Waals surface area contributed by atoms with Crippen LogP contribution in [0.4, 0.5) is 0 Å². The van der Waals surface area contributed by atoms with Gasteiger partial charge in [0, 0.05) is 16.2 Å². The lowest BCUT2D eigenvalue weighted by molar-refractivity contribution is -0.123. The van der Waals surface area contributed by atoms with Crippen molar-refractivity contribution in [3.05, 3.63) is 30.5 Å². The number of benzene rings is 1. The second-order valence-electron chi connectivity index (χ2n) is 5.20. The van der Waals surface area contributed by atoms with Crippen molar-refractivity contribution >= 4 is 28.3 Å². The first kappa shape index (κ1) is 13.0. The summed E-state index contributed by atoms with van der Waals surface area (Å²) < 4.78 is 0. The summed E-state index contributed by atoms with van der Waals surface area (Å²) in [5, 5.41) is 11.0. The summed E-state index contributed by atoms with van der Waals surface area (Å²) in [5.74, 6) is 0.661. The lowest BCUT2D eigenvalue weighted by atomic mass is 9.92. The Balaban J connectivity index is 2.20. The number of ketones is 1. The highest BCUT2D eigenvalue weighted by atomic mass is 32.2. The fraction of sp³-hybridized carbons (Fsp3) is 0.357. The number of carbonyl (C=O) groups is 1. The number of hydrogen-bond acceptors (Lipinski definition) is 4. The molecule has 2 aromatic rings. The predicted molar refractivity (Wildman–Crippen MR) is 74.7 cm³/mol. The molecule has 0 N–H and O–H groups in total. The molecule has 0 saturated carbocycles. The molecule has 0 bridgehead atoms. The summed E-state index contributed by atoms with van der Waals surface area (Å²) in [4.78, 5) is 11.9. The Hall–Kier alpha value is -1.42. The van der Waals surface area contributed by atoms with Crippen LogP contribution in [-0.4, -0.2) is 21.7 Å². The van der Waals surface area contributed by atoms with Gasteiger partial charge in [-0.2, -0.15) is 5.10 Å². The first-order valence-corrected chi connectivity index (χ1v) is 6.83. The Morgan fingerprint density at radius 3 is 2.72 bits per heavy atom. The second-order valence-corrected chi connectivity index (χ2v) is 6.16. The van der Waals surface area contributed by atoms with Crippen LogP contribution in [-0.2, 0) is 4.79 Å². The molecule has 0 amide bonds. The van der Waals surface area contributed by atoms with Crippen LogP contribution >= 0.6 is 11.8 Å². The molecule has 0 atom stereocenters. The topological polar surface area (TPSA) is 42.9 Å². The molecular weight excluding hydrogens is 244 g/mol. The number of hydrogen-bond donors (Lipinski definition) is 0. The van der Waals surface area contributed by atoms with Crippen LogP contribution in [0.15, 0.2) is 35.5 Å². The molecule has 0 fully saturated rings. The quantitative estimate of drug-likeness (QED) is 0.794. The number of fused-ring (bicyclic) bond motifs is 1. The van der Waals surface area contributed by atoms with Gasteiger partial charge < -0.3 is 0 Å². The van der Waals surface area contributed by atoms with Crippen LogP contribution in [0.5, 0.6) is 0 Å². The van der Waals surface area contributed by atoms with E-state index in [2.05, 4.69) is 10.2 Å². The molecule has 1 heterocycles. The molecule has 4 heteroatoms. The summed E-state index contributed by atoms with van der Waals surface area (Å²) in [7, 11) is 0. The van der Waals surface area contributed by atoms with Crippen molar-refractivity contribution in [1.82, 2.24) is 10.2 Å². The lowest BCUT2D eigenvalue weighted by Crippen LogP contribution is -2.22. The number of rotatable bonds is 3. The minimum Gasteiger partial charge on any atom is -0.298 e. The maximum atomic E-state index is 11.9. The van der Waals surface area contributed by atoms with Gasteiger partial charge in [0.25, 0.3) is 0 Å². The van der Waals surface area contributed by atoms with Crippen molar-refractivity contribution in [3.63, 3.8) is 0 Å². The molecule has 3 nitrogen and oxygen atoms in total. The smallest absolute Gasteiger partial charge is 0.148 e. The summed E-state index contributed by atoms with van der Waals surface area (Å²) in [6.45, 7) is 5.81. The van der Waals surface area contributed by atoms with E-state index in [1.165, 1.54) is 11.8 Å². The molecule has 1 aromatic heterocycles. The van der Waals surface area contributed by atoms with E-state index in [1.807, 2.05) is 45.0 Å². The van der Waals surface area contributed by atoms with Gasteiger partial charge in [-0.15, -0.1) is 5.10 Å². The maximum Gasteiger partial charge on any atom is 0.148 e. The maximum absolute atomic E-state index is 11.9. The van der Waals surface area contributed by atoms with Crippen molar-refractivity contribution in [2.45, 2.75) is 25.8 Å². The lowest BCUT2D eigenvalue weighted by Gasteiger charge is -2.15. The molecule has 0 aliphatic carbocycles. The van der Waals surface area contributed by atoms with Gasteiger partial charge in [-0.1, -0.05) is 56.8 Å². The third-order valence-corrected chi connectivity index (χ3v) is 3.69. The van der Waals surface area contributed by atoms with Gasteiger partial charge in [-0.25, -0.2) is 0 Å². The molecule has 1 aromatic carbocycles. The first-order valence-electron chi connectivity index (χ1n) is 5.85. The molecule has 2 rings (SSSR count). The van der Waals surface area contributed by atoms with E-state index in [0.29, 0.717) is 5.75 Å². The molecule has 0 unspecified atom stereocenters. The predicted octanol–water partition coefficient (Wildman–Crippen LogP) is 3.34. The van der Waals surface area contributed by atoms with E-state index in [4.69, 9.17) is 0 Å². The molecule has 0 spiro atoms. The molecule has 0 radical (unpaired) electrons. The Kier molecular flexibility index (Phi) is 3.66. The Morgan fingerprint density at radius 2 is 2.00 bits per heavy atom. The highest BCUT2D eigenvalue weighted by Crippen LogP contribution is 2.27.